The molecule has 1 aromatic carbocycles. The molecule has 0 saturated carbocycles. The summed E-state index contributed by atoms with van der Waals surface area (Å²) in [6.07, 6.45) is 3.48. The number of hydrogen-bond acceptors (Lipinski definition) is 4. The molecule has 2 heterocycles. The van der Waals surface area contributed by atoms with Crippen molar-refractivity contribution in [1.29, 1.82) is 0 Å². The van der Waals surface area contributed by atoms with Gasteiger partial charge in [-0.3, -0.25) is 4.79 Å². The Bertz CT molecular complexity index is 703. The molecule has 6 heteroatoms. The summed E-state index contributed by atoms with van der Waals surface area (Å²) in [5.74, 6) is 0.897. The van der Waals surface area contributed by atoms with Crippen LogP contribution >= 0.6 is 0 Å². The van der Waals surface area contributed by atoms with Gasteiger partial charge in [-0.25, -0.2) is 4.68 Å². The molecule has 0 aliphatic carbocycles. The van der Waals surface area contributed by atoms with Crippen molar-refractivity contribution in [2.24, 2.45) is 5.73 Å². The van der Waals surface area contributed by atoms with Crippen molar-refractivity contribution in [2.45, 2.75) is 0 Å². The van der Waals surface area contributed by atoms with Crippen molar-refractivity contribution in [3.63, 3.8) is 0 Å². The van der Waals surface area contributed by atoms with Gasteiger partial charge in [-0.2, -0.15) is 5.10 Å². The Kier molecular flexibility index (Phi) is 2.90. The van der Waals surface area contributed by atoms with Gasteiger partial charge in [-0.05, 0) is 18.2 Å². The molecule has 0 atom stereocenters. The molecule has 6 nitrogen and oxygen atoms in total. The zero-order valence-corrected chi connectivity index (χ0v) is 11.0. The average molecular weight is 270 g/mol. The fourth-order valence-electron chi connectivity index (χ4n) is 2.23. The summed E-state index contributed by atoms with van der Waals surface area (Å²) in [6.45, 7) is 0.610. The summed E-state index contributed by atoms with van der Waals surface area (Å²) in [5, 5.41) is 7.35. The van der Waals surface area contributed by atoms with Gasteiger partial charge in [-0.15, -0.1) is 0 Å². The zero-order valence-electron chi connectivity index (χ0n) is 11.0. The van der Waals surface area contributed by atoms with E-state index in [4.69, 9.17) is 10.5 Å². The number of nitrogens with two attached hydrogens (primary N) is 1. The van der Waals surface area contributed by atoms with Crippen molar-refractivity contribution >= 4 is 17.4 Å². The van der Waals surface area contributed by atoms with Crippen molar-refractivity contribution < 1.29 is 9.53 Å². The molecule has 3 N–H and O–H groups in total. The maximum absolute atomic E-state index is 11.4. The predicted octanol–water partition coefficient (Wildman–Crippen LogP) is 1.31. The molecule has 0 radical (unpaired) electrons. The lowest BCUT2D eigenvalue weighted by atomic mass is 10.1. The Labute approximate surface area is 115 Å². The summed E-state index contributed by atoms with van der Waals surface area (Å²) in [5.41, 5.74) is 7.59. The minimum atomic E-state index is -0.495. The van der Waals surface area contributed by atoms with Gasteiger partial charge in [0.05, 0.1) is 19.0 Å². The van der Waals surface area contributed by atoms with E-state index in [1.165, 1.54) is 6.20 Å². The van der Waals surface area contributed by atoms with Crippen molar-refractivity contribution in [3.05, 3.63) is 47.7 Å². The topological polar surface area (TPSA) is 82.2 Å². The molecule has 1 aromatic heterocycles. The van der Waals surface area contributed by atoms with Crippen LogP contribution in [-0.4, -0.2) is 29.3 Å². The fraction of sp³-hybridized carbons (Fsp3) is 0.143. The third-order valence-electron chi connectivity index (χ3n) is 3.19. The highest BCUT2D eigenvalue weighted by atomic mass is 16.5. The Morgan fingerprint density at radius 1 is 1.50 bits per heavy atom. The van der Waals surface area contributed by atoms with Crippen molar-refractivity contribution in [1.82, 2.24) is 9.78 Å². The summed E-state index contributed by atoms with van der Waals surface area (Å²) in [4.78, 5) is 11.4. The van der Waals surface area contributed by atoms with Crippen LogP contribution in [0.4, 0.5) is 5.82 Å². The van der Waals surface area contributed by atoms with Crippen LogP contribution in [0.15, 0.2) is 36.5 Å². The number of carbonyl (C=O) groups is 1. The molecule has 0 bridgehead atoms. The number of aromatic nitrogens is 2. The van der Waals surface area contributed by atoms with Crippen LogP contribution in [-0.2, 0) is 0 Å². The van der Waals surface area contributed by atoms with Crippen LogP contribution < -0.4 is 15.8 Å². The van der Waals surface area contributed by atoms with E-state index >= 15 is 0 Å². The van der Waals surface area contributed by atoms with Crippen molar-refractivity contribution in [3.8, 4) is 5.75 Å². The number of benzene rings is 1. The number of hydrogen-bond donors (Lipinski definition) is 2. The second kappa shape index (κ2) is 4.73. The highest BCUT2D eigenvalue weighted by Gasteiger charge is 2.20. The lowest BCUT2D eigenvalue weighted by Gasteiger charge is -2.18. The van der Waals surface area contributed by atoms with E-state index in [-0.39, 0.29) is 0 Å². The first-order valence-electron chi connectivity index (χ1n) is 6.17. The summed E-state index contributed by atoms with van der Waals surface area (Å²) < 4.78 is 6.91. The van der Waals surface area contributed by atoms with Gasteiger partial charge in [0.25, 0.3) is 5.91 Å². The number of nitrogens with one attached hydrogen (secondary N) is 1. The fourth-order valence-corrected chi connectivity index (χ4v) is 2.23. The number of amides is 1. The van der Waals surface area contributed by atoms with E-state index in [0.29, 0.717) is 17.9 Å². The van der Waals surface area contributed by atoms with Crippen LogP contribution in [0, 0.1) is 0 Å². The Hall–Kier alpha value is -2.76. The highest BCUT2D eigenvalue weighted by Crippen LogP contribution is 2.28. The number of methoxy groups -OCH3 is 1. The molecule has 20 heavy (non-hydrogen) atoms. The Balaban J connectivity index is 2.08. The number of rotatable bonds is 3. The summed E-state index contributed by atoms with van der Waals surface area (Å²) >= 11 is 0. The van der Waals surface area contributed by atoms with E-state index in [9.17, 15) is 4.79 Å². The first kappa shape index (κ1) is 12.3. The SMILES string of the molecule is COc1cccc(C2=CCNc3c(C(N)=O)cnn32)c1. The maximum atomic E-state index is 11.4. The van der Waals surface area contributed by atoms with E-state index in [1.54, 1.807) is 11.8 Å². The van der Waals surface area contributed by atoms with Gasteiger partial charge >= 0.3 is 0 Å². The zero-order chi connectivity index (χ0) is 14.1. The predicted molar refractivity (Wildman–Crippen MR) is 75.6 cm³/mol. The number of ether oxygens (including phenoxy) is 1. The third-order valence-corrected chi connectivity index (χ3v) is 3.19. The van der Waals surface area contributed by atoms with Crippen LogP contribution in [0.3, 0.4) is 0 Å². The monoisotopic (exact) mass is 270 g/mol. The molecule has 2 aromatic rings. The lowest BCUT2D eigenvalue weighted by Crippen LogP contribution is -2.19. The second-order valence-electron chi connectivity index (χ2n) is 4.39. The molecule has 0 spiro atoms. The highest BCUT2D eigenvalue weighted by molar-refractivity contribution is 5.98. The van der Waals surface area contributed by atoms with E-state index in [2.05, 4.69) is 10.4 Å². The molecule has 1 aliphatic rings. The molecule has 0 saturated heterocycles. The molecular weight excluding hydrogens is 256 g/mol. The molecule has 1 aliphatic heterocycles. The van der Waals surface area contributed by atoms with E-state index < -0.39 is 5.91 Å². The molecular formula is C14H14N4O2. The van der Waals surface area contributed by atoms with Crippen LogP contribution in [0.25, 0.3) is 5.70 Å². The number of primary amides is 1. The van der Waals surface area contributed by atoms with Gasteiger partial charge in [0.2, 0.25) is 0 Å². The first-order chi connectivity index (χ1) is 9.70. The van der Waals surface area contributed by atoms with Crippen LogP contribution in [0.2, 0.25) is 0 Å². The average Bonchev–Trinajstić information content (AvgIpc) is 2.91. The maximum Gasteiger partial charge on any atom is 0.254 e. The van der Waals surface area contributed by atoms with Gasteiger partial charge in [0, 0.05) is 12.1 Å². The summed E-state index contributed by atoms with van der Waals surface area (Å²) in [6, 6.07) is 7.68. The molecule has 102 valence electrons. The number of carbonyl (C=O) groups excluding carboxylic acids is 1. The van der Waals surface area contributed by atoms with Gasteiger partial charge < -0.3 is 15.8 Å². The Morgan fingerprint density at radius 3 is 3.10 bits per heavy atom. The van der Waals surface area contributed by atoms with Gasteiger partial charge in [0.15, 0.2) is 0 Å². The number of anilines is 1. The Morgan fingerprint density at radius 2 is 2.35 bits per heavy atom. The molecule has 0 unspecified atom stereocenters. The third kappa shape index (κ3) is 1.91. The largest absolute Gasteiger partial charge is 0.497 e. The molecule has 1 amide bonds. The molecule has 0 fully saturated rings. The first-order valence-corrected chi connectivity index (χ1v) is 6.17. The quantitative estimate of drug-likeness (QED) is 0.880. The standard InChI is InChI=1S/C14H14N4O2/c1-20-10-4-2-3-9(7-10)12-5-6-16-14-11(13(15)19)8-17-18(12)14/h2-5,7-8,16H,6H2,1H3,(H2,15,19). The second-order valence-corrected chi connectivity index (χ2v) is 4.39. The van der Waals surface area contributed by atoms with Gasteiger partial charge in [-0.1, -0.05) is 12.1 Å². The van der Waals surface area contributed by atoms with Gasteiger partial charge in [0.1, 0.15) is 17.1 Å². The summed E-state index contributed by atoms with van der Waals surface area (Å²) in [7, 11) is 1.63. The van der Waals surface area contributed by atoms with Crippen LogP contribution in [0.1, 0.15) is 15.9 Å². The number of nitrogens with zero attached hydrogens (tertiary/aromatic N) is 2. The van der Waals surface area contributed by atoms with Crippen molar-refractivity contribution in [2.75, 3.05) is 19.0 Å². The minimum Gasteiger partial charge on any atom is -0.497 e. The molecule has 3 rings (SSSR count). The normalized spacial score (nSPS) is 13.2. The van der Waals surface area contributed by atoms with E-state index in [1.807, 2.05) is 30.3 Å². The smallest absolute Gasteiger partial charge is 0.254 e. The lowest BCUT2D eigenvalue weighted by molar-refractivity contribution is 0.100. The van der Waals surface area contributed by atoms with E-state index in [0.717, 1.165) is 17.0 Å². The minimum absolute atomic E-state index is 0.387. The van der Waals surface area contributed by atoms with Crippen LogP contribution in [0.5, 0.6) is 5.75 Å². The number of fused-ring (bicyclic) bond motifs is 1.